The van der Waals surface area contributed by atoms with E-state index < -0.39 is 0 Å². The van der Waals surface area contributed by atoms with Crippen LogP contribution in [0.1, 0.15) is 30.4 Å². The Labute approximate surface area is 142 Å². The molecule has 3 nitrogen and oxygen atoms in total. The summed E-state index contributed by atoms with van der Waals surface area (Å²) in [7, 11) is 0. The standard InChI is InChI=1S/C19H24N2OS/c22-19(7-6-17-10-13-23-15-17)20-18-8-11-21(12-9-18)14-16-4-2-1-3-5-16/h1-5,10,13,15,18H,6-9,11-12,14H2,(H,20,22). The summed E-state index contributed by atoms with van der Waals surface area (Å²) >= 11 is 1.69. The van der Waals surface area contributed by atoms with Gasteiger partial charge >= 0.3 is 0 Å². The number of aryl methyl sites for hydroxylation is 1. The number of carbonyl (C=O) groups is 1. The van der Waals surface area contributed by atoms with E-state index in [1.807, 2.05) is 0 Å². The zero-order valence-electron chi connectivity index (χ0n) is 13.4. The van der Waals surface area contributed by atoms with E-state index in [2.05, 4.69) is 57.4 Å². The maximum Gasteiger partial charge on any atom is 0.220 e. The number of thiophene rings is 1. The van der Waals surface area contributed by atoms with E-state index in [1.54, 1.807) is 11.3 Å². The Hall–Kier alpha value is -1.65. The Balaban J connectivity index is 1.36. The van der Waals surface area contributed by atoms with Crippen molar-refractivity contribution < 1.29 is 4.79 Å². The molecule has 2 heterocycles. The Kier molecular flexibility index (Phi) is 5.83. The van der Waals surface area contributed by atoms with E-state index in [1.165, 1.54) is 11.1 Å². The smallest absolute Gasteiger partial charge is 0.220 e. The van der Waals surface area contributed by atoms with Gasteiger partial charge in [0.2, 0.25) is 5.91 Å². The van der Waals surface area contributed by atoms with Gasteiger partial charge in [0.15, 0.2) is 0 Å². The molecule has 2 aromatic rings. The minimum Gasteiger partial charge on any atom is -0.353 e. The highest BCUT2D eigenvalue weighted by Crippen LogP contribution is 2.14. The van der Waals surface area contributed by atoms with Crippen molar-refractivity contribution >= 4 is 17.2 Å². The van der Waals surface area contributed by atoms with Crippen LogP contribution in [0.2, 0.25) is 0 Å². The molecular weight excluding hydrogens is 304 g/mol. The maximum atomic E-state index is 12.1. The average molecular weight is 328 g/mol. The third-order valence-corrected chi connectivity index (χ3v) is 5.15. The first kappa shape index (κ1) is 16.2. The van der Waals surface area contributed by atoms with Crippen molar-refractivity contribution in [2.45, 2.75) is 38.3 Å². The number of carbonyl (C=O) groups excluding carboxylic acids is 1. The highest BCUT2D eigenvalue weighted by molar-refractivity contribution is 7.07. The second-order valence-electron chi connectivity index (χ2n) is 6.24. The van der Waals surface area contributed by atoms with Crippen molar-refractivity contribution in [3.63, 3.8) is 0 Å². The number of likely N-dealkylation sites (tertiary alicyclic amines) is 1. The molecule has 122 valence electrons. The van der Waals surface area contributed by atoms with E-state index in [0.29, 0.717) is 12.5 Å². The minimum absolute atomic E-state index is 0.192. The third-order valence-electron chi connectivity index (χ3n) is 4.42. The van der Waals surface area contributed by atoms with Crippen molar-refractivity contribution in [1.29, 1.82) is 0 Å². The normalized spacial score (nSPS) is 16.3. The SMILES string of the molecule is O=C(CCc1ccsc1)NC1CCN(Cc2ccccc2)CC1. The minimum atomic E-state index is 0.192. The summed E-state index contributed by atoms with van der Waals surface area (Å²) in [6, 6.07) is 13.0. The van der Waals surface area contributed by atoms with Crippen LogP contribution in [0.5, 0.6) is 0 Å². The number of nitrogens with zero attached hydrogens (tertiary/aromatic N) is 1. The van der Waals surface area contributed by atoms with Gasteiger partial charge in [-0.2, -0.15) is 11.3 Å². The van der Waals surface area contributed by atoms with Crippen molar-refractivity contribution in [3.05, 3.63) is 58.3 Å². The van der Waals surface area contributed by atoms with Crippen LogP contribution in [0.3, 0.4) is 0 Å². The Morgan fingerprint density at radius 3 is 2.61 bits per heavy atom. The molecule has 1 aromatic heterocycles. The van der Waals surface area contributed by atoms with Crippen molar-refractivity contribution in [2.75, 3.05) is 13.1 Å². The Morgan fingerprint density at radius 2 is 1.91 bits per heavy atom. The molecule has 23 heavy (non-hydrogen) atoms. The molecule has 0 aliphatic carbocycles. The molecule has 0 atom stereocenters. The molecule has 0 radical (unpaired) electrons. The highest BCUT2D eigenvalue weighted by atomic mass is 32.1. The first-order valence-electron chi connectivity index (χ1n) is 8.36. The molecule has 0 bridgehead atoms. The summed E-state index contributed by atoms with van der Waals surface area (Å²) in [5.74, 6) is 0.192. The van der Waals surface area contributed by atoms with Gasteiger partial charge in [-0.3, -0.25) is 9.69 Å². The molecule has 0 unspecified atom stereocenters. The van der Waals surface area contributed by atoms with Crippen molar-refractivity contribution in [3.8, 4) is 0 Å². The predicted octanol–water partition coefficient (Wildman–Crippen LogP) is 3.46. The van der Waals surface area contributed by atoms with Crippen LogP contribution in [-0.4, -0.2) is 29.9 Å². The zero-order valence-corrected chi connectivity index (χ0v) is 14.2. The molecule has 1 N–H and O–H groups in total. The molecule has 1 saturated heterocycles. The number of benzene rings is 1. The van der Waals surface area contributed by atoms with E-state index in [0.717, 1.165) is 38.9 Å². The molecule has 0 saturated carbocycles. The van der Waals surface area contributed by atoms with Crippen molar-refractivity contribution in [2.24, 2.45) is 0 Å². The van der Waals surface area contributed by atoms with E-state index in [9.17, 15) is 4.79 Å². The number of rotatable bonds is 6. The Morgan fingerprint density at radius 1 is 1.13 bits per heavy atom. The second-order valence-corrected chi connectivity index (χ2v) is 7.02. The molecule has 1 aromatic carbocycles. The van der Waals surface area contributed by atoms with Crippen LogP contribution in [0.4, 0.5) is 0 Å². The van der Waals surface area contributed by atoms with E-state index in [4.69, 9.17) is 0 Å². The molecule has 1 fully saturated rings. The van der Waals surface area contributed by atoms with Gasteiger partial charge in [-0.25, -0.2) is 0 Å². The van der Waals surface area contributed by atoms with Gasteiger partial charge in [-0.15, -0.1) is 0 Å². The predicted molar refractivity (Wildman–Crippen MR) is 95.5 cm³/mol. The summed E-state index contributed by atoms with van der Waals surface area (Å²) in [6.07, 6.45) is 3.55. The topological polar surface area (TPSA) is 32.3 Å². The summed E-state index contributed by atoms with van der Waals surface area (Å²) in [5, 5.41) is 7.39. The lowest BCUT2D eigenvalue weighted by Crippen LogP contribution is -2.44. The van der Waals surface area contributed by atoms with E-state index in [-0.39, 0.29) is 5.91 Å². The van der Waals surface area contributed by atoms with Crippen LogP contribution in [0, 0.1) is 0 Å². The van der Waals surface area contributed by atoms with Crippen LogP contribution in [0.15, 0.2) is 47.2 Å². The van der Waals surface area contributed by atoms with Crippen LogP contribution < -0.4 is 5.32 Å². The van der Waals surface area contributed by atoms with Crippen LogP contribution >= 0.6 is 11.3 Å². The average Bonchev–Trinajstić information content (AvgIpc) is 3.09. The Bertz CT molecular complexity index is 589. The lowest BCUT2D eigenvalue weighted by molar-refractivity contribution is -0.122. The fourth-order valence-electron chi connectivity index (χ4n) is 3.07. The summed E-state index contributed by atoms with van der Waals surface area (Å²) in [5.41, 5.74) is 2.63. The molecule has 1 aliphatic rings. The largest absolute Gasteiger partial charge is 0.353 e. The van der Waals surface area contributed by atoms with Gasteiger partial charge in [0, 0.05) is 32.1 Å². The fourth-order valence-corrected chi connectivity index (χ4v) is 3.77. The molecule has 1 aliphatic heterocycles. The summed E-state index contributed by atoms with van der Waals surface area (Å²) < 4.78 is 0. The number of amides is 1. The first-order valence-corrected chi connectivity index (χ1v) is 9.30. The van der Waals surface area contributed by atoms with E-state index >= 15 is 0 Å². The second kappa shape index (κ2) is 8.27. The number of nitrogens with one attached hydrogen (secondary N) is 1. The number of piperidine rings is 1. The molecular formula is C19H24N2OS. The molecule has 4 heteroatoms. The number of hydrogen-bond donors (Lipinski definition) is 1. The quantitative estimate of drug-likeness (QED) is 0.881. The summed E-state index contributed by atoms with van der Waals surface area (Å²) in [4.78, 5) is 14.5. The van der Waals surface area contributed by atoms with Gasteiger partial charge in [-0.1, -0.05) is 30.3 Å². The summed E-state index contributed by atoms with van der Waals surface area (Å²) in [6.45, 7) is 3.13. The third kappa shape index (κ3) is 5.19. The lowest BCUT2D eigenvalue weighted by atomic mass is 10.0. The molecule has 0 spiro atoms. The van der Waals surface area contributed by atoms with Gasteiger partial charge in [-0.05, 0) is 47.2 Å². The maximum absolute atomic E-state index is 12.1. The van der Waals surface area contributed by atoms with Gasteiger partial charge in [0.1, 0.15) is 0 Å². The van der Waals surface area contributed by atoms with Crippen molar-refractivity contribution in [1.82, 2.24) is 10.2 Å². The molecule has 3 rings (SSSR count). The van der Waals surface area contributed by atoms with Gasteiger partial charge < -0.3 is 5.32 Å². The zero-order chi connectivity index (χ0) is 15.9. The highest BCUT2D eigenvalue weighted by Gasteiger charge is 2.20. The van der Waals surface area contributed by atoms with Crippen LogP contribution in [-0.2, 0) is 17.8 Å². The number of hydrogen-bond acceptors (Lipinski definition) is 3. The van der Waals surface area contributed by atoms with Gasteiger partial charge in [0.25, 0.3) is 0 Å². The van der Waals surface area contributed by atoms with Crippen LogP contribution in [0.25, 0.3) is 0 Å². The first-order chi connectivity index (χ1) is 11.3. The fraction of sp³-hybridized carbons (Fsp3) is 0.421. The lowest BCUT2D eigenvalue weighted by Gasteiger charge is -2.32. The monoisotopic (exact) mass is 328 g/mol. The molecule has 1 amide bonds. The van der Waals surface area contributed by atoms with Gasteiger partial charge in [0.05, 0.1) is 0 Å².